The van der Waals surface area contributed by atoms with E-state index in [0.717, 1.165) is 94.9 Å². The van der Waals surface area contributed by atoms with Crippen molar-refractivity contribution in [3.8, 4) is 11.5 Å². The number of nitro groups is 1. The number of nitrogens with zero attached hydrogens (tertiary/aromatic N) is 5. The molecular formula is C60H72N8O7S. The van der Waals surface area contributed by atoms with Crippen LogP contribution in [0.25, 0.3) is 11.0 Å². The number of ether oxygens (including phenoxy) is 1. The van der Waals surface area contributed by atoms with E-state index < -0.39 is 37.0 Å². The van der Waals surface area contributed by atoms with Crippen molar-refractivity contribution in [2.24, 2.45) is 11.3 Å². The number of benzene rings is 4. The number of hydrogen-bond donors (Lipinski definition) is 4. The van der Waals surface area contributed by atoms with Crippen molar-refractivity contribution in [3.63, 3.8) is 0 Å². The van der Waals surface area contributed by atoms with Crippen molar-refractivity contribution < 1.29 is 28.0 Å². The predicted octanol–water partition coefficient (Wildman–Crippen LogP) is 11.0. The van der Waals surface area contributed by atoms with Crippen LogP contribution in [-0.4, -0.2) is 95.0 Å². The monoisotopic (exact) mass is 1050 g/mol. The Hall–Kier alpha value is -6.33. The summed E-state index contributed by atoms with van der Waals surface area (Å²) in [6.07, 6.45) is 15.5. The number of carbonyl (C=O) groups is 1. The number of piperidine rings is 1. The summed E-state index contributed by atoms with van der Waals surface area (Å²) in [7, 11) is -4.58. The first-order valence-electron chi connectivity index (χ1n) is 27.6. The number of hydrogen-bond acceptors (Lipinski definition) is 12. The molecule has 1 unspecified atom stereocenters. The fourth-order valence-corrected chi connectivity index (χ4v) is 14.1. The van der Waals surface area contributed by atoms with Crippen LogP contribution in [0.5, 0.6) is 11.5 Å². The van der Waals surface area contributed by atoms with Crippen LogP contribution in [0.4, 0.5) is 17.1 Å². The summed E-state index contributed by atoms with van der Waals surface area (Å²) in [5.41, 5.74) is 8.22. The summed E-state index contributed by atoms with van der Waals surface area (Å²) in [6, 6.07) is 29.6. The first-order valence-corrected chi connectivity index (χ1v) is 29.1. The van der Waals surface area contributed by atoms with Crippen LogP contribution < -0.4 is 19.7 Å². The van der Waals surface area contributed by atoms with Crippen molar-refractivity contribution >= 4 is 44.0 Å². The van der Waals surface area contributed by atoms with Gasteiger partial charge in [-0.25, -0.2) is 18.1 Å². The lowest BCUT2D eigenvalue weighted by Crippen LogP contribution is -2.60. The van der Waals surface area contributed by atoms with Gasteiger partial charge in [0.2, 0.25) is 0 Å². The smallest absolute Gasteiger partial charge is 0.293 e. The second kappa shape index (κ2) is 21.2. The van der Waals surface area contributed by atoms with Crippen LogP contribution in [0.2, 0.25) is 0 Å². The Morgan fingerprint density at radius 2 is 1.70 bits per heavy atom. The van der Waals surface area contributed by atoms with E-state index in [0.29, 0.717) is 48.8 Å². The average Bonchev–Trinajstić information content (AvgIpc) is 3.88. The number of sulfonamides is 1. The van der Waals surface area contributed by atoms with E-state index >= 15 is 0 Å². The van der Waals surface area contributed by atoms with E-state index in [-0.39, 0.29) is 28.3 Å². The number of nitro benzene ring substituents is 1. The Labute approximate surface area is 446 Å². The largest absolute Gasteiger partial charge is 0.455 e. The van der Waals surface area contributed by atoms with Gasteiger partial charge in [-0.15, -0.1) is 0 Å². The van der Waals surface area contributed by atoms with Gasteiger partial charge in [0.05, 0.1) is 27.2 Å². The van der Waals surface area contributed by atoms with Gasteiger partial charge in [-0.05, 0) is 165 Å². The molecule has 4 heterocycles. The second-order valence-electron chi connectivity index (χ2n) is 23.2. The molecule has 0 radical (unpaired) electrons. The van der Waals surface area contributed by atoms with E-state index in [1.807, 2.05) is 19.1 Å². The molecule has 15 nitrogen and oxygen atoms in total. The first kappa shape index (κ1) is 51.8. The van der Waals surface area contributed by atoms with Crippen molar-refractivity contribution in [1.29, 1.82) is 0 Å². The van der Waals surface area contributed by atoms with Crippen molar-refractivity contribution in [2.75, 3.05) is 49.5 Å². The molecule has 1 amide bonds. The summed E-state index contributed by atoms with van der Waals surface area (Å²) in [6.45, 7) is 12.6. The number of aliphatic hydroxyl groups is 1. The number of aryl methyl sites for hydroxylation is 2. The first-order chi connectivity index (χ1) is 36.6. The Morgan fingerprint density at radius 1 is 0.921 bits per heavy atom. The minimum absolute atomic E-state index is 0.0209. The number of aromatic nitrogens is 2. The van der Waals surface area contributed by atoms with E-state index in [1.54, 1.807) is 36.2 Å². The maximum atomic E-state index is 14.1. The number of carbonyl (C=O) groups excluding carboxylic acids is 1. The molecule has 1 atom stereocenters. The molecule has 11 rings (SSSR count). The van der Waals surface area contributed by atoms with Crippen LogP contribution in [0, 0.1) is 21.4 Å². The highest BCUT2D eigenvalue weighted by molar-refractivity contribution is 7.90. The highest BCUT2D eigenvalue weighted by Gasteiger charge is 2.50. The summed E-state index contributed by atoms with van der Waals surface area (Å²) in [5, 5.41) is 26.5. The van der Waals surface area contributed by atoms with Gasteiger partial charge in [0.15, 0.2) is 0 Å². The molecule has 76 heavy (non-hydrogen) atoms. The number of H-pyrrole nitrogens is 1. The van der Waals surface area contributed by atoms with Crippen molar-refractivity contribution in [2.45, 2.75) is 133 Å². The van der Waals surface area contributed by atoms with Crippen molar-refractivity contribution in [1.82, 2.24) is 24.5 Å². The zero-order valence-electron chi connectivity index (χ0n) is 44.1. The number of anilines is 2. The molecule has 400 valence electrons. The molecule has 0 bridgehead atoms. The predicted molar refractivity (Wildman–Crippen MR) is 297 cm³/mol. The molecule has 2 aliphatic heterocycles. The molecule has 4 fully saturated rings. The number of piperazine rings is 1. The Balaban J connectivity index is 0.776. The zero-order valence-corrected chi connectivity index (χ0v) is 44.9. The molecular weight excluding hydrogens is 977 g/mol. The lowest BCUT2D eigenvalue weighted by molar-refractivity contribution is -0.384. The van der Waals surface area contributed by atoms with E-state index in [1.165, 1.54) is 60.1 Å². The fraction of sp³-hybridized carbons (Fsp3) is 0.467. The fourth-order valence-electron chi connectivity index (χ4n) is 13.1. The lowest BCUT2D eigenvalue weighted by Gasteiger charge is -2.58. The van der Waals surface area contributed by atoms with Crippen LogP contribution in [-0.2, 0) is 29.4 Å². The Kier molecular flexibility index (Phi) is 14.5. The van der Waals surface area contributed by atoms with Gasteiger partial charge in [0.1, 0.15) is 22.8 Å². The molecule has 2 aromatic heterocycles. The molecule has 6 aromatic rings. The van der Waals surface area contributed by atoms with Crippen LogP contribution in [0.15, 0.2) is 108 Å². The maximum Gasteiger partial charge on any atom is 0.293 e. The molecule has 5 aliphatic rings. The number of amides is 1. The summed E-state index contributed by atoms with van der Waals surface area (Å²) in [4.78, 5) is 40.8. The molecule has 1 spiro atoms. The van der Waals surface area contributed by atoms with Crippen LogP contribution in [0.3, 0.4) is 0 Å². The van der Waals surface area contributed by atoms with Gasteiger partial charge in [-0.1, -0.05) is 56.3 Å². The minimum Gasteiger partial charge on any atom is -0.455 e. The molecule has 2 saturated heterocycles. The summed E-state index contributed by atoms with van der Waals surface area (Å²) in [5.74, 6) is 0.212. The Bertz CT molecular complexity index is 3220. The lowest BCUT2D eigenvalue weighted by atomic mass is 9.59. The van der Waals surface area contributed by atoms with Crippen LogP contribution in [0.1, 0.15) is 135 Å². The summed E-state index contributed by atoms with van der Waals surface area (Å²) < 4.78 is 36.3. The quantitative estimate of drug-likeness (QED) is 0.0564. The number of pyridine rings is 1. The van der Waals surface area contributed by atoms with Gasteiger partial charge >= 0.3 is 0 Å². The number of fused-ring (bicyclic) bond motifs is 2. The molecule has 4 N–H and O–H groups in total. The van der Waals surface area contributed by atoms with E-state index in [9.17, 15) is 28.4 Å². The third kappa shape index (κ3) is 11.1. The summed E-state index contributed by atoms with van der Waals surface area (Å²) >= 11 is 0. The molecule has 2 saturated carbocycles. The van der Waals surface area contributed by atoms with Gasteiger partial charge in [-0.2, -0.15) is 0 Å². The van der Waals surface area contributed by atoms with Gasteiger partial charge in [0.25, 0.3) is 21.6 Å². The average molecular weight is 1050 g/mol. The third-order valence-corrected chi connectivity index (χ3v) is 18.9. The highest BCUT2D eigenvalue weighted by Crippen LogP contribution is 2.53. The van der Waals surface area contributed by atoms with Crippen LogP contribution >= 0.6 is 0 Å². The van der Waals surface area contributed by atoms with Gasteiger partial charge < -0.3 is 25.0 Å². The standard InChI is InChI=1S/C60H72N8O7S/c1-40(2)50-10-6-7-11-51(50)55-39-65(38-42-12-13-43-8-4-5-9-44(43)30-42)28-29-67(55)47-34-60(35-47)23-26-66(27-24-60)46-14-16-52(56(32-46)75-48-31-45-20-25-61-57(45)63-37-48)58(69)64-76(73,74)49-15-17-53(54(33-49)68(71)72)62-36-41-18-21-59(3,70)22-19-41/h6-7,10-17,20,25,30-33,37,40-41,47,55,62,70H,4-5,8-9,18-19,21-24,26-29,34-36,38-39H2,1-3H3,(H,61,63)(H,64,69)/t41-,55?,59-. The zero-order chi connectivity index (χ0) is 52.8. The molecule has 4 aromatic carbocycles. The normalized spacial score (nSPS) is 22.3. The van der Waals surface area contributed by atoms with Crippen molar-refractivity contribution in [3.05, 3.63) is 147 Å². The highest BCUT2D eigenvalue weighted by atomic mass is 32.2. The minimum atomic E-state index is -4.58. The SMILES string of the molecule is CC(C)c1ccccc1C1CN(Cc2ccc3c(c2)CCCC3)CCN1C1CC2(CCN(c3ccc(C(=O)NS(=O)(=O)c4ccc(NC[C@H]5CC[C@](C)(O)CC5)c([N+](=O)[O-])c4)c(Oc4cnc5[nH]ccc5c4)c3)CC2)C1. The third-order valence-electron chi connectivity index (χ3n) is 17.6. The number of nitrogens with one attached hydrogen (secondary N) is 3. The maximum absolute atomic E-state index is 14.1. The molecule has 16 heteroatoms. The topological polar surface area (TPSA) is 186 Å². The van der Waals surface area contributed by atoms with Gasteiger partial charge in [-0.3, -0.25) is 24.7 Å². The number of rotatable bonds is 15. The van der Waals surface area contributed by atoms with E-state index in [2.05, 4.69) is 91.0 Å². The van der Waals surface area contributed by atoms with E-state index in [4.69, 9.17) is 4.74 Å². The molecule has 3 aliphatic carbocycles. The number of aromatic amines is 1. The van der Waals surface area contributed by atoms with Gasteiger partial charge in [0, 0.05) is 87.3 Å². The Morgan fingerprint density at radius 3 is 2.47 bits per heavy atom. The second-order valence-corrected chi connectivity index (χ2v) is 24.9.